The van der Waals surface area contributed by atoms with Crippen molar-refractivity contribution in [2.75, 3.05) is 33.4 Å². The molecular formula is C25H31N3O6. The quantitative estimate of drug-likeness (QED) is 0.547. The highest BCUT2D eigenvalue weighted by Crippen LogP contribution is 2.28. The SMILES string of the molecule is CCOc1ccc(C(=O)NNC(=O)C2CCCN(C(=O)CCOc3ccccc3)C2)cc1OC. The molecule has 3 rings (SSSR count). The van der Waals surface area contributed by atoms with Crippen LogP contribution in [-0.4, -0.2) is 56.0 Å². The molecule has 182 valence electrons. The molecule has 1 saturated heterocycles. The van der Waals surface area contributed by atoms with E-state index in [1.165, 1.54) is 7.11 Å². The monoisotopic (exact) mass is 469 g/mol. The van der Waals surface area contributed by atoms with Crippen molar-refractivity contribution in [1.29, 1.82) is 0 Å². The van der Waals surface area contributed by atoms with E-state index in [-0.39, 0.29) is 24.8 Å². The molecule has 1 unspecified atom stereocenters. The van der Waals surface area contributed by atoms with Gasteiger partial charge in [0.2, 0.25) is 11.8 Å². The third-order valence-corrected chi connectivity index (χ3v) is 5.50. The zero-order valence-corrected chi connectivity index (χ0v) is 19.5. The number of methoxy groups -OCH3 is 1. The number of piperidine rings is 1. The third-order valence-electron chi connectivity index (χ3n) is 5.50. The molecule has 9 nitrogen and oxygen atoms in total. The number of ether oxygens (including phenoxy) is 3. The summed E-state index contributed by atoms with van der Waals surface area (Å²) in [5.74, 6) is 0.417. The minimum Gasteiger partial charge on any atom is -0.493 e. The summed E-state index contributed by atoms with van der Waals surface area (Å²) >= 11 is 0. The number of carbonyl (C=O) groups excluding carboxylic acids is 3. The molecule has 0 bridgehead atoms. The highest BCUT2D eigenvalue weighted by molar-refractivity contribution is 5.96. The van der Waals surface area contributed by atoms with Gasteiger partial charge >= 0.3 is 0 Å². The number of nitrogens with zero attached hydrogens (tertiary/aromatic N) is 1. The Labute approximate surface area is 199 Å². The molecule has 1 fully saturated rings. The lowest BCUT2D eigenvalue weighted by Crippen LogP contribution is -2.50. The van der Waals surface area contributed by atoms with E-state index in [2.05, 4.69) is 10.9 Å². The van der Waals surface area contributed by atoms with Crippen molar-refractivity contribution < 1.29 is 28.6 Å². The van der Waals surface area contributed by atoms with Gasteiger partial charge in [-0.2, -0.15) is 0 Å². The first kappa shape index (κ1) is 24.9. The summed E-state index contributed by atoms with van der Waals surface area (Å²) in [5.41, 5.74) is 5.23. The molecule has 1 heterocycles. The second-order valence-electron chi connectivity index (χ2n) is 7.83. The Morgan fingerprint density at radius 3 is 2.56 bits per heavy atom. The van der Waals surface area contributed by atoms with Crippen LogP contribution in [0.5, 0.6) is 17.2 Å². The first-order valence-corrected chi connectivity index (χ1v) is 11.4. The predicted octanol–water partition coefficient (Wildman–Crippen LogP) is 2.56. The van der Waals surface area contributed by atoms with Gasteiger partial charge < -0.3 is 19.1 Å². The zero-order valence-electron chi connectivity index (χ0n) is 19.5. The van der Waals surface area contributed by atoms with Crippen LogP contribution in [0.15, 0.2) is 48.5 Å². The molecule has 0 radical (unpaired) electrons. The van der Waals surface area contributed by atoms with Crippen LogP contribution in [-0.2, 0) is 9.59 Å². The van der Waals surface area contributed by atoms with Crippen molar-refractivity contribution in [1.82, 2.24) is 15.8 Å². The van der Waals surface area contributed by atoms with Crippen LogP contribution < -0.4 is 25.1 Å². The minimum absolute atomic E-state index is 0.0565. The Balaban J connectivity index is 1.46. The summed E-state index contributed by atoms with van der Waals surface area (Å²) in [6.45, 7) is 3.51. The number of hydrogen-bond acceptors (Lipinski definition) is 6. The molecule has 0 spiro atoms. The number of rotatable bonds is 9. The van der Waals surface area contributed by atoms with Gasteiger partial charge in [0.05, 0.1) is 32.7 Å². The number of nitrogens with one attached hydrogen (secondary N) is 2. The second kappa shape index (κ2) is 12.5. The topological polar surface area (TPSA) is 106 Å². The van der Waals surface area contributed by atoms with Crippen LogP contribution >= 0.6 is 0 Å². The Morgan fingerprint density at radius 1 is 1.03 bits per heavy atom. The average Bonchev–Trinajstić information content (AvgIpc) is 2.88. The summed E-state index contributed by atoms with van der Waals surface area (Å²) < 4.78 is 16.3. The molecule has 2 aromatic carbocycles. The Morgan fingerprint density at radius 2 is 1.82 bits per heavy atom. The van der Waals surface area contributed by atoms with Gasteiger partial charge in [0, 0.05) is 18.7 Å². The smallest absolute Gasteiger partial charge is 0.269 e. The predicted molar refractivity (Wildman–Crippen MR) is 126 cm³/mol. The Bertz CT molecular complexity index is 982. The van der Waals surface area contributed by atoms with Crippen molar-refractivity contribution in [3.63, 3.8) is 0 Å². The van der Waals surface area contributed by atoms with Gasteiger partial charge in [0.1, 0.15) is 5.75 Å². The van der Waals surface area contributed by atoms with Crippen molar-refractivity contribution >= 4 is 17.7 Å². The molecule has 0 saturated carbocycles. The normalized spacial score (nSPS) is 15.2. The summed E-state index contributed by atoms with van der Waals surface area (Å²) in [5, 5.41) is 0. The molecule has 2 N–H and O–H groups in total. The molecule has 1 aliphatic heterocycles. The number of para-hydroxylation sites is 1. The van der Waals surface area contributed by atoms with Gasteiger partial charge in [-0.15, -0.1) is 0 Å². The first-order chi connectivity index (χ1) is 16.5. The van der Waals surface area contributed by atoms with Crippen molar-refractivity contribution in [3.05, 3.63) is 54.1 Å². The maximum absolute atomic E-state index is 12.6. The van der Waals surface area contributed by atoms with Crippen LogP contribution in [0.4, 0.5) is 0 Å². The van der Waals surface area contributed by atoms with Gasteiger partial charge in [0.25, 0.3) is 5.91 Å². The first-order valence-electron chi connectivity index (χ1n) is 11.4. The van der Waals surface area contributed by atoms with Gasteiger partial charge in [-0.3, -0.25) is 25.2 Å². The van der Waals surface area contributed by atoms with E-state index >= 15 is 0 Å². The number of likely N-dealkylation sites (tertiary alicyclic amines) is 1. The Kier molecular flexibility index (Phi) is 9.13. The van der Waals surface area contributed by atoms with Crippen molar-refractivity contribution in [3.8, 4) is 17.2 Å². The summed E-state index contributed by atoms with van der Waals surface area (Å²) in [4.78, 5) is 39.4. The molecule has 1 atom stereocenters. The molecule has 2 aromatic rings. The number of hydrogen-bond donors (Lipinski definition) is 2. The molecule has 3 amide bonds. The van der Waals surface area contributed by atoms with Crippen LogP contribution in [0.2, 0.25) is 0 Å². The van der Waals surface area contributed by atoms with Gasteiger partial charge in [-0.05, 0) is 50.1 Å². The largest absolute Gasteiger partial charge is 0.493 e. The summed E-state index contributed by atoms with van der Waals surface area (Å²) in [6.07, 6.45) is 1.59. The molecular weight excluding hydrogens is 438 g/mol. The van der Waals surface area contributed by atoms with Crippen molar-refractivity contribution in [2.45, 2.75) is 26.2 Å². The molecule has 0 aliphatic carbocycles. The van der Waals surface area contributed by atoms with Crippen LogP contribution in [0, 0.1) is 5.92 Å². The summed E-state index contributed by atoms with van der Waals surface area (Å²) in [6, 6.07) is 14.1. The second-order valence-corrected chi connectivity index (χ2v) is 7.83. The van der Waals surface area contributed by atoms with E-state index in [0.717, 1.165) is 0 Å². The van der Waals surface area contributed by atoms with E-state index in [9.17, 15) is 14.4 Å². The van der Waals surface area contributed by atoms with E-state index < -0.39 is 11.8 Å². The molecule has 0 aromatic heterocycles. The molecule has 9 heteroatoms. The summed E-state index contributed by atoms with van der Waals surface area (Å²) in [7, 11) is 1.49. The molecule has 34 heavy (non-hydrogen) atoms. The minimum atomic E-state index is -0.475. The lowest BCUT2D eigenvalue weighted by Gasteiger charge is -2.32. The lowest BCUT2D eigenvalue weighted by atomic mass is 9.97. The lowest BCUT2D eigenvalue weighted by molar-refractivity contribution is -0.136. The average molecular weight is 470 g/mol. The van der Waals surface area contributed by atoms with E-state index in [0.29, 0.717) is 55.4 Å². The third kappa shape index (κ3) is 6.87. The number of carbonyl (C=O) groups is 3. The fourth-order valence-electron chi connectivity index (χ4n) is 3.72. The van der Waals surface area contributed by atoms with Crippen LogP contribution in [0.1, 0.15) is 36.5 Å². The number of amides is 3. The van der Waals surface area contributed by atoms with Gasteiger partial charge in [-0.25, -0.2) is 0 Å². The van der Waals surface area contributed by atoms with Crippen LogP contribution in [0.3, 0.4) is 0 Å². The standard InChI is InChI=1S/C25H31N3O6/c1-3-33-21-12-11-18(16-22(21)32-2)24(30)26-27-25(31)19-8-7-14-28(17-19)23(29)13-15-34-20-9-5-4-6-10-20/h4-6,9-12,16,19H,3,7-8,13-15,17H2,1-2H3,(H,26,30)(H,27,31). The van der Waals surface area contributed by atoms with Crippen molar-refractivity contribution in [2.24, 2.45) is 5.92 Å². The Hall–Kier alpha value is -3.75. The molecule has 1 aliphatic rings. The zero-order chi connectivity index (χ0) is 24.3. The highest BCUT2D eigenvalue weighted by Gasteiger charge is 2.28. The van der Waals surface area contributed by atoms with Gasteiger partial charge in [-0.1, -0.05) is 18.2 Å². The van der Waals surface area contributed by atoms with Gasteiger partial charge in [0.15, 0.2) is 11.5 Å². The van der Waals surface area contributed by atoms with E-state index in [1.807, 2.05) is 37.3 Å². The number of hydrazine groups is 1. The number of benzene rings is 2. The van der Waals surface area contributed by atoms with E-state index in [1.54, 1.807) is 23.1 Å². The maximum Gasteiger partial charge on any atom is 0.269 e. The fourth-order valence-corrected chi connectivity index (χ4v) is 3.72. The van der Waals surface area contributed by atoms with E-state index in [4.69, 9.17) is 14.2 Å². The maximum atomic E-state index is 12.6. The van der Waals surface area contributed by atoms with Crippen LogP contribution in [0.25, 0.3) is 0 Å². The highest BCUT2D eigenvalue weighted by atomic mass is 16.5. The fraction of sp³-hybridized carbons (Fsp3) is 0.400.